The Hall–Kier alpha value is -3.48. The van der Waals surface area contributed by atoms with E-state index in [0.717, 1.165) is 40.8 Å². The lowest BCUT2D eigenvalue weighted by Crippen LogP contribution is -2.49. The molecule has 2 heterocycles. The van der Waals surface area contributed by atoms with Crippen LogP contribution in [0.2, 0.25) is 5.02 Å². The van der Waals surface area contributed by atoms with Gasteiger partial charge in [0, 0.05) is 59.6 Å². The number of fused-ring (bicyclic) bond motifs is 1. The van der Waals surface area contributed by atoms with E-state index in [1.54, 1.807) is 0 Å². The summed E-state index contributed by atoms with van der Waals surface area (Å²) in [6, 6.07) is 22.8. The van der Waals surface area contributed by atoms with Crippen molar-refractivity contribution in [2.75, 3.05) is 31.1 Å². The van der Waals surface area contributed by atoms with Gasteiger partial charge in [0.15, 0.2) is 0 Å². The van der Waals surface area contributed by atoms with Crippen LogP contribution < -0.4 is 9.64 Å². The van der Waals surface area contributed by atoms with Gasteiger partial charge in [-0.05, 0) is 48.0 Å². The van der Waals surface area contributed by atoms with Crippen molar-refractivity contribution >= 4 is 34.2 Å². The lowest BCUT2D eigenvalue weighted by molar-refractivity contribution is -0.143. The number of carboxylic acids is 1. The maximum atomic E-state index is 12.4. The number of halogens is 1. The number of hydrogen-bond donors (Lipinski definition) is 2. The van der Waals surface area contributed by atoms with E-state index in [9.17, 15) is 9.90 Å². The van der Waals surface area contributed by atoms with Gasteiger partial charge in [-0.1, -0.05) is 41.9 Å². The van der Waals surface area contributed by atoms with Gasteiger partial charge in [-0.25, -0.2) is 0 Å². The van der Waals surface area contributed by atoms with Crippen LogP contribution in [0.4, 0.5) is 5.69 Å². The summed E-state index contributed by atoms with van der Waals surface area (Å²) >= 11 is 6.01. The average molecular weight is 476 g/mol. The average Bonchev–Trinajstić information content (AvgIpc) is 3.27. The van der Waals surface area contributed by atoms with Crippen LogP contribution in [0.5, 0.6) is 5.75 Å². The van der Waals surface area contributed by atoms with Gasteiger partial charge in [0.25, 0.3) is 0 Å². The molecule has 5 rings (SSSR count). The first-order valence-corrected chi connectivity index (χ1v) is 11.7. The first-order chi connectivity index (χ1) is 16.6. The summed E-state index contributed by atoms with van der Waals surface area (Å²) in [5.41, 5.74) is 3.84. The molecule has 3 aromatic carbocycles. The second-order valence-corrected chi connectivity index (χ2v) is 8.90. The predicted octanol–water partition coefficient (Wildman–Crippen LogP) is 5.35. The zero-order chi connectivity index (χ0) is 23.5. The quantitative estimate of drug-likeness (QED) is 0.377. The maximum Gasteiger partial charge on any atom is 0.325 e. The fraction of sp³-hybridized carbons (Fsp3) is 0.222. The van der Waals surface area contributed by atoms with Crippen molar-refractivity contribution in [2.45, 2.75) is 12.6 Å². The Morgan fingerprint density at radius 1 is 1.00 bits per heavy atom. The fourth-order valence-corrected chi connectivity index (χ4v) is 4.68. The Balaban J connectivity index is 1.34. The molecule has 1 saturated heterocycles. The second-order valence-electron chi connectivity index (χ2n) is 8.47. The van der Waals surface area contributed by atoms with E-state index in [-0.39, 0.29) is 0 Å². The summed E-state index contributed by atoms with van der Waals surface area (Å²) in [4.78, 5) is 19.9. The number of nitrogens with zero attached hydrogens (tertiary/aromatic N) is 2. The van der Waals surface area contributed by atoms with Crippen LogP contribution in [0.1, 0.15) is 17.2 Å². The van der Waals surface area contributed by atoms with Gasteiger partial charge in [0.1, 0.15) is 18.4 Å². The van der Waals surface area contributed by atoms with Gasteiger partial charge < -0.3 is 19.7 Å². The van der Waals surface area contributed by atoms with Crippen LogP contribution in [0.25, 0.3) is 10.9 Å². The molecule has 1 atom stereocenters. The number of carbonyl (C=O) groups is 1. The first kappa shape index (κ1) is 22.3. The van der Waals surface area contributed by atoms with E-state index in [1.165, 1.54) is 0 Å². The number of piperazine rings is 1. The molecule has 0 spiro atoms. The van der Waals surface area contributed by atoms with E-state index in [1.807, 2.05) is 83.9 Å². The molecule has 1 fully saturated rings. The third-order valence-electron chi connectivity index (χ3n) is 6.33. The van der Waals surface area contributed by atoms with Crippen molar-refractivity contribution < 1.29 is 14.6 Å². The number of rotatable bonds is 7. The number of hydrogen-bond acceptors (Lipinski definition) is 4. The number of aromatic amines is 1. The van der Waals surface area contributed by atoms with E-state index < -0.39 is 12.0 Å². The largest absolute Gasteiger partial charge is 0.489 e. The normalized spacial score (nSPS) is 15.4. The van der Waals surface area contributed by atoms with Crippen molar-refractivity contribution in [1.29, 1.82) is 0 Å². The van der Waals surface area contributed by atoms with Crippen molar-refractivity contribution in [3.63, 3.8) is 0 Å². The van der Waals surface area contributed by atoms with Crippen molar-refractivity contribution in [2.24, 2.45) is 0 Å². The minimum Gasteiger partial charge on any atom is -0.489 e. The Labute approximate surface area is 203 Å². The molecule has 0 bridgehead atoms. The van der Waals surface area contributed by atoms with E-state index in [0.29, 0.717) is 30.5 Å². The van der Waals surface area contributed by atoms with Crippen LogP contribution in [-0.2, 0) is 11.4 Å². The van der Waals surface area contributed by atoms with Gasteiger partial charge in [0.2, 0.25) is 0 Å². The van der Waals surface area contributed by atoms with Crippen LogP contribution in [0.3, 0.4) is 0 Å². The number of carboxylic acid groups (broad SMARTS) is 1. The molecule has 6 nitrogen and oxygen atoms in total. The first-order valence-electron chi connectivity index (χ1n) is 11.3. The minimum absolute atomic E-state index is 0.459. The molecule has 4 aromatic rings. The number of nitrogens with one attached hydrogen (secondary N) is 1. The molecule has 0 radical (unpaired) electrons. The summed E-state index contributed by atoms with van der Waals surface area (Å²) in [5.74, 6) is -0.134. The summed E-state index contributed by atoms with van der Waals surface area (Å²) in [6.45, 7) is 3.26. The van der Waals surface area contributed by atoms with Crippen LogP contribution in [0, 0.1) is 0 Å². The predicted molar refractivity (Wildman–Crippen MR) is 135 cm³/mol. The van der Waals surface area contributed by atoms with Crippen LogP contribution in [-0.4, -0.2) is 47.1 Å². The zero-order valence-corrected chi connectivity index (χ0v) is 19.4. The number of ether oxygens (including phenoxy) is 1. The lowest BCUT2D eigenvalue weighted by atomic mass is 10.0. The molecule has 0 aliphatic carbocycles. The van der Waals surface area contributed by atoms with E-state index in [2.05, 4.69) is 9.88 Å². The summed E-state index contributed by atoms with van der Waals surface area (Å²) in [5, 5.41) is 11.8. The molecule has 0 saturated carbocycles. The molecule has 34 heavy (non-hydrogen) atoms. The SMILES string of the molecule is O=C(O)[C@H](c1c[nH]c2ccc(OCc3ccccc3)cc12)N1CCN(c2ccc(Cl)cc2)CC1. The maximum absolute atomic E-state index is 12.4. The Morgan fingerprint density at radius 3 is 2.44 bits per heavy atom. The third kappa shape index (κ3) is 4.74. The van der Waals surface area contributed by atoms with E-state index in [4.69, 9.17) is 16.3 Å². The molecular weight excluding hydrogens is 450 g/mol. The topological polar surface area (TPSA) is 68.8 Å². The Morgan fingerprint density at radius 2 is 1.74 bits per heavy atom. The van der Waals surface area contributed by atoms with Crippen molar-refractivity contribution in [1.82, 2.24) is 9.88 Å². The van der Waals surface area contributed by atoms with Crippen molar-refractivity contribution in [3.8, 4) is 5.75 Å². The molecule has 0 unspecified atom stereocenters. The van der Waals surface area contributed by atoms with Gasteiger partial charge in [-0.3, -0.25) is 9.69 Å². The Bertz CT molecular complexity index is 1270. The van der Waals surface area contributed by atoms with Gasteiger partial charge >= 0.3 is 5.97 Å². The summed E-state index contributed by atoms with van der Waals surface area (Å²) in [7, 11) is 0. The highest BCUT2D eigenvalue weighted by Gasteiger charge is 2.32. The Kier molecular flexibility index (Phi) is 6.43. The van der Waals surface area contributed by atoms with Gasteiger partial charge in [0.05, 0.1) is 0 Å². The lowest BCUT2D eigenvalue weighted by Gasteiger charge is -2.38. The number of aliphatic carboxylic acids is 1. The van der Waals surface area contributed by atoms with Gasteiger partial charge in [-0.15, -0.1) is 0 Å². The molecule has 2 N–H and O–H groups in total. The monoisotopic (exact) mass is 475 g/mol. The van der Waals surface area contributed by atoms with Crippen LogP contribution >= 0.6 is 11.6 Å². The fourth-order valence-electron chi connectivity index (χ4n) is 4.55. The highest BCUT2D eigenvalue weighted by molar-refractivity contribution is 6.30. The molecule has 1 aliphatic rings. The van der Waals surface area contributed by atoms with Gasteiger partial charge in [-0.2, -0.15) is 0 Å². The molecule has 0 amide bonds. The number of anilines is 1. The second kappa shape index (κ2) is 9.79. The van der Waals surface area contributed by atoms with E-state index >= 15 is 0 Å². The third-order valence-corrected chi connectivity index (χ3v) is 6.59. The number of benzene rings is 3. The molecule has 1 aliphatic heterocycles. The van der Waals surface area contributed by atoms with Crippen LogP contribution in [0.15, 0.2) is 79.0 Å². The molecule has 174 valence electrons. The minimum atomic E-state index is -0.851. The standard InChI is InChI=1S/C27H26ClN3O3/c28-20-6-8-21(9-7-20)30-12-14-31(15-13-30)26(27(32)33)24-17-29-25-11-10-22(16-23(24)25)34-18-19-4-2-1-3-5-19/h1-11,16-17,26,29H,12-15,18H2,(H,32,33)/t26-/m0/s1. The highest BCUT2D eigenvalue weighted by Crippen LogP contribution is 2.32. The number of H-pyrrole nitrogens is 1. The highest BCUT2D eigenvalue weighted by atomic mass is 35.5. The smallest absolute Gasteiger partial charge is 0.325 e. The summed E-state index contributed by atoms with van der Waals surface area (Å²) in [6.07, 6.45) is 1.82. The molecule has 7 heteroatoms. The molecular formula is C27H26ClN3O3. The molecule has 1 aromatic heterocycles. The number of aromatic nitrogens is 1. The zero-order valence-electron chi connectivity index (χ0n) is 18.7. The van der Waals surface area contributed by atoms with Crippen molar-refractivity contribution in [3.05, 3.63) is 95.1 Å². The summed E-state index contributed by atoms with van der Waals surface area (Å²) < 4.78 is 5.99.